The van der Waals surface area contributed by atoms with Gasteiger partial charge in [0, 0.05) is 25.7 Å². The van der Waals surface area contributed by atoms with Gasteiger partial charge in [0.1, 0.15) is 0 Å². The molecule has 1 aliphatic rings. The molecule has 2 rings (SSSR count). The molecule has 3 N–H and O–H groups in total. The highest BCUT2D eigenvalue weighted by Crippen LogP contribution is 2.27. The Bertz CT molecular complexity index is 436. The molecule has 1 amide bonds. The molecule has 4 nitrogen and oxygen atoms in total. The number of nitrogens with two attached hydrogens (primary N) is 1. The number of anilines is 1. The topological polar surface area (TPSA) is 58.4 Å². The first-order valence-corrected chi connectivity index (χ1v) is 6.04. The largest absolute Gasteiger partial charge is 0.368 e. The highest BCUT2D eigenvalue weighted by atomic mass is 35.5. The van der Waals surface area contributed by atoms with Gasteiger partial charge < -0.3 is 16.0 Å². The lowest BCUT2D eigenvalue weighted by Gasteiger charge is -2.34. The van der Waals surface area contributed by atoms with Gasteiger partial charge in [0.25, 0.3) is 5.91 Å². The number of nitrogens with zero attached hydrogens (tertiary/aromatic N) is 1. The molecule has 1 aromatic rings. The Morgan fingerprint density at radius 2 is 2.35 bits per heavy atom. The maximum atomic E-state index is 11.5. The van der Waals surface area contributed by atoms with Gasteiger partial charge in [-0.3, -0.25) is 4.79 Å². The molecule has 0 radical (unpaired) electrons. The molecule has 1 heterocycles. The van der Waals surface area contributed by atoms with Crippen LogP contribution in [0.25, 0.3) is 0 Å². The number of hydrogen-bond donors (Lipinski definition) is 2. The molecule has 0 aromatic heterocycles. The fourth-order valence-corrected chi connectivity index (χ4v) is 2.43. The molecule has 0 bridgehead atoms. The average molecular weight is 254 g/mol. The van der Waals surface area contributed by atoms with Crippen LogP contribution in [0.15, 0.2) is 18.2 Å². The molecule has 1 fully saturated rings. The van der Waals surface area contributed by atoms with Gasteiger partial charge >= 0.3 is 0 Å². The van der Waals surface area contributed by atoms with E-state index in [1.165, 1.54) is 0 Å². The molecule has 0 aliphatic carbocycles. The van der Waals surface area contributed by atoms with Crippen molar-refractivity contribution < 1.29 is 4.79 Å². The number of carbonyl (C=O) groups excluding carboxylic acids is 1. The zero-order valence-electron chi connectivity index (χ0n) is 9.74. The molecule has 0 saturated carbocycles. The highest BCUT2D eigenvalue weighted by molar-refractivity contribution is 6.34. The van der Waals surface area contributed by atoms with Crippen molar-refractivity contribution in [3.05, 3.63) is 28.8 Å². The highest BCUT2D eigenvalue weighted by Gasteiger charge is 2.21. The molecule has 0 spiro atoms. The van der Waals surface area contributed by atoms with Gasteiger partial charge in [0.05, 0.1) is 16.3 Å². The predicted molar refractivity (Wildman–Crippen MR) is 69.6 cm³/mol. The van der Waals surface area contributed by atoms with Crippen LogP contribution in [0.5, 0.6) is 0 Å². The molecular weight excluding hydrogens is 238 g/mol. The van der Waals surface area contributed by atoms with Crippen molar-refractivity contribution in [1.29, 1.82) is 0 Å². The lowest BCUT2D eigenvalue weighted by molar-refractivity contribution is 0.100. The predicted octanol–water partition coefficient (Wildman–Crippen LogP) is 1.24. The molecule has 92 valence electrons. The minimum atomic E-state index is -0.475. The van der Waals surface area contributed by atoms with Crippen LogP contribution in [-0.4, -0.2) is 31.6 Å². The smallest absolute Gasteiger partial charge is 0.252 e. The van der Waals surface area contributed by atoms with Crippen LogP contribution in [0.3, 0.4) is 0 Å². The summed E-state index contributed by atoms with van der Waals surface area (Å²) in [6.07, 6.45) is 0. The summed E-state index contributed by atoms with van der Waals surface area (Å²) in [5, 5.41) is 3.77. The number of amides is 1. The Hall–Kier alpha value is -1.26. The summed E-state index contributed by atoms with van der Waals surface area (Å²) in [5.74, 6) is -0.475. The summed E-state index contributed by atoms with van der Waals surface area (Å²) in [5.41, 5.74) is 6.64. The van der Waals surface area contributed by atoms with Crippen molar-refractivity contribution in [3.63, 3.8) is 0 Å². The van der Waals surface area contributed by atoms with Crippen LogP contribution in [0, 0.1) is 0 Å². The van der Waals surface area contributed by atoms with Crippen LogP contribution >= 0.6 is 11.6 Å². The van der Waals surface area contributed by atoms with Crippen LogP contribution in [0.1, 0.15) is 17.3 Å². The first-order valence-electron chi connectivity index (χ1n) is 5.66. The van der Waals surface area contributed by atoms with Gasteiger partial charge in [-0.05, 0) is 19.1 Å². The summed E-state index contributed by atoms with van der Waals surface area (Å²) < 4.78 is 0. The number of benzene rings is 1. The van der Waals surface area contributed by atoms with Gasteiger partial charge in [-0.1, -0.05) is 17.7 Å². The lowest BCUT2D eigenvalue weighted by Crippen LogP contribution is -2.49. The van der Waals surface area contributed by atoms with Crippen LogP contribution < -0.4 is 16.0 Å². The summed E-state index contributed by atoms with van der Waals surface area (Å²) in [4.78, 5) is 13.6. The van der Waals surface area contributed by atoms with E-state index in [9.17, 15) is 4.79 Å². The number of piperazine rings is 1. The molecule has 1 aromatic carbocycles. The van der Waals surface area contributed by atoms with E-state index < -0.39 is 5.91 Å². The summed E-state index contributed by atoms with van der Waals surface area (Å²) in [7, 11) is 0. The van der Waals surface area contributed by atoms with E-state index >= 15 is 0 Å². The average Bonchev–Trinajstić information content (AvgIpc) is 2.28. The maximum absolute atomic E-state index is 11.5. The van der Waals surface area contributed by atoms with Crippen LogP contribution in [0.4, 0.5) is 5.69 Å². The van der Waals surface area contributed by atoms with Gasteiger partial charge in [-0.25, -0.2) is 0 Å². The third kappa shape index (κ3) is 2.53. The van der Waals surface area contributed by atoms with Crippen molar-refractivity contribution in [2.75, 3.05) is 24.5 Å². The number of primary amides is 1. The number of carbonyl (C=O) groups is 1. The second-order valence-corrected chi connectivity index (χ2v) is 4.71. The Balaban J connectivity index is 2.37. The van der Waals surface area contributed by atoms with Crippen molar-refractivity contribution in [2.45, 2.75) is 13.0 Å². The monoisotopic (exact) mass is 253 g/mol. The van der Waals surface area contributed by atoms with E-state index in [2.05, 4.69) is 17.1 Å². The SMILES string of the molecule is C[C@H]1CN(c2cccc(Cl)c2C(N)=O)CCN1. The Kier molecular flexibility index (Phi) is 3.54. The van der Waals surface area contributed by atoms with E-state index in [1.807, 2.05) is 12.1 Å². The second-order valence-electron chi connectivity index (χ2n) is 4.30. The lowest BCUT2D eigenvalue weighted by atomic mass is 10.1. The van der Waals surface area contributed by atoms with E-state index in [4.69, 9.17) is 17.3 Å². The number of rotatable bonds is 2. The fraction of sp³-hybridized carbons (Fsp3) is 0.417. The van der Waals surface area contributed by atoms with E-state index in [-0.39, 0.29) is 0 Å². The van der Waals surface area contributed by atoms with Gasteiger partial charge in [0.15, 0.2) is 0 Å². The summed E-state index contributed by atoms with van der Waals surface area (Å²) >= 11 is 6.04. The van der Waals surface area contributed by atoms with Crippen molar-refractivity contribution in [2.24, 2.45) is 5.73 Å². The molecule has 5 heteroatoms. The molecule has 1 atom stereocenters. The Morgan fingerprint density at radius 3 is 3.00 bits per heavy atom. The third-order valence-corrected chi connectivity index (χ3v) is 3.26. The molecule has 17 heavy (non-hydrogen) atoms. The third-order valence-electron chi connectivity index (χ3n) is 2.95. The number of halogens is 1. The number of hydrogen-bond acceptors (Lipinski definition) is 3. The van der Waals surface area contributed by atoms with E-state index in [0.717, 1.165) is 25.3 Å². The molecule has 1 aliphatic heterocycles. The first-order chi connectivity index (χ1) is 8.09. The molecular formula is C12H16ClN3O. The van der Waals surface area contributed by atoms with E-state index in [0.29, 0.717) is 16.6 Å². The standard InChI is InChI=1S/C12H16ClN3O/c1-8-7-16(6-5-15-8)10-4-2-3-9(13)11(10)12(14)17/h2-4,8,15H,5-7H2,1H3,(H2,14,17)/t8-/m0/s1. The zero-order valence-corrected chi connectivity index (χ0v) is 10.5. The molecule has 1 saturated heterocycles. The quantitative estimate of drug-likeness (QED) is 0.834. The first kappa shape index (κ1) is 12.2. The van der Waals surface area contributed by atoms with E-state index in [1.54, 1.807) is 6.07 Å². The minimum Gasteiger partial charge on any atom is -0.368 e. The van der Waals surface area contributed by atoms with Crippen molar-refractivity contribution in [1.82, 2.24) is 5.32 Å². The summed E-state index contributed by atoms with van der Waals surface area (Å²) in [6.45, 7) is 4.71. The fourth-order valence-electron chi connectivity index (χ4n) is 2.17. The molecule has 0 unspecified atom stereocenters. The zero-order chi connectivity index (χ0) is 12.4. The van der Waals surface area contributed by atoms with Crippen LogP contribution in [-0.2, 0) is 0 Å². The number of nitrogens with one attached hydrogen (secondary N) is 1. The van der Waals surface area contributed by atoms with Crippen molar-refractivity contribution in [3.8, 4) is 0 Å². The van der Waals surface area contributed by atoms with Gasteiger partial charge in [-0.2, -0.15) is 0 Å². The maximum Gasteiger partial charge on any atom is 0.252 e. The van der Waals surface area contributed by atoms with Gasteiger partial charge in [0.2, 0.25) is 0 Å². The summed E-state index contributed by atoms with van der Waals surface area (Å²) in [6, 6.07) is 5.82. The van der Waals surface area contributed by atoms with Crippen molar-refractivity contribution >= 4 is 23.2 Å². The normalized spacial score (nSPS) is 20.4. The van der Waals surface area contributed by atoms with Crippen LogP contribution in [0.2, 0.25) is 5.02 Å². The Labute approximate surface area is 106 Å². The Morgan fingerprint density at radius 1 is 1.59 bits per heavy atom. The van der Waals surface area contributed by atoms with Gasteiger partial charge in [-0.15, -0.1) is 0 Å². The minimum absolute atomic E-state index is 0.392. The second kappa shape index (κ2) is 4.94.